The highest BCUT2D eigenvalue weighted by molar-refractivity contribution is 6.42. The van der Waals surface area contributed by atoms with Gasteiger partial charge in [0, 0.05) is 13.6 Å². The van der Waals surface area contributed by atoms with Crippen molar-refractivity contribution < 1.29 is 14.3 Å². The van der Waals surface area contributed by atoms with Gasteiger partial charge >= 0.3 is 0 Å². The molecule has 0 unspecified atom stereocenters. The number of amides is 2. The number of nitrogens with zero attached hydrogens (tertiary/aromatic N) is 1. The van der Waals surface area contributed by atoms with Crippen LogP contribution in [0.15, 0.2) is 36.4 Å². The predicted molar refractivity (Wildman–Crippen MR) is 117 cm³/mol. The molecular weight excluding hydrogens is 411 g/mol. The van der Waals surface area contributed by atoms with Gasteiger partial charge < -0.3 is 15.0 Å². The Labute approximate surface area is 181 Å². The normalized spacial score (nSPS) is 11.7. The van der Waals surface area contributed by atoms with Crippen molar-refractivity contribution in [3.8, 4) is 5.75 Å². The Balaban J connectivity index is 2.25. The number of aryl methyl sites for hydroxylation is 1. The maximum atomic E-state index is 13.1. The molecule has 0 spiro atoms. The van der Waals surface area contributed by atoms with E-state index in [1.54, 1.807) is 25.2 Å². The number of nitrogens with one attached hydrogen (secondary N) is 1. The van der Waals surface area contributed by atoms with Gasteiger partial charge in [0.2, 0.25) is 5.91 Å². The highest BCUT2D eigenvalue weighted by Gasteiger charge is 2.28. The molecule has 2 aromatic rings. The van der Waals surface area contributed by atoms with Gasteiger partial charge in [-0.15, -0.1) is 0 Å². The van der Waals surface area contributed by atoms with E-state index in [4.69, 9.17) is 27.9 Å². The minimum atomic E-state index is -0.621. The van der Waals surface area contributed by atoms with Crippen molar-refractivity contribution in [2.75, 3.05) is 13.7 Å². The Morgan fingerprint density at radius 3 is 2.48 bits per heavy atom. The van der Waals surface area contributed by atoms with Crippen LogP contribution in [0.3, 0.4) is 0 Å². The predicted octanol–water partition coefficient (Wildman–Crippen LogP) is 4.54. The molecule has 1 N–H and O–H groups in total. The Bertz CT molecular complexity index is 886. The average molecular weight is 437 g/mol. The van der Waals surface area contributed by atoms with Gasteiger partial charge in [-0.1, -0.05) is 48.3 Å². The lowest BCUT2D eigenvalue weighted by atomic mass is 10.1. The number of carbonyl (C=O) groups is 2. The lowest BCUT2D eigenvalue weighted by Crippen LogP contribution is -2.49. The first kappa shape index (κ1) is 23.0. The van der Waals surface area contributed by atoms with Crippen molar-refractivity contribution in [1.82, 2.24) is 10.2 Å². The van der Waals surface area contributed by atoms with E-state index in [0.717, 1.165) is 16.7 Å². The second-order valence-electron chi connectivity index (χ2n) is 6.80. The van der Waals surface area contributed by atoms with Crippen molar-refractivity contribution in [2.45, 2.75) is 39.8 Å². The Morgan fingerprint density at radius 1 is 1.14 bits per heavy atom. The van der Waals surface area contributed by atoms with E-state index in [2.05, 4.69) is 5.32 Å². The summed E-state index contributed by atoms with van der Waals surface area (Å²) in [7, 11) is 1.55. The van der Waals surface area contributed by atoms with Gasteiger partial charge in [0.15, 0.2) is 6.61 Å². The van der Waals surface area contributed by atoms with Crippen LogP contribution in [0, 0.1) is 13.8 Å². The van der Waals surface area contributed by atoms with Crippen molar-refractivity contribution in [3.63, 3.8) is 0 Å². The first-order chi connectivity index (χ1) is 13.8. The molecule has 0 radical (unpaired) electrons. The first-order valence-corrected chi connectivity index (χ1v) is 10.2. The van der Waals surface area contributed by atoms with E-state index in [1.807, 2.05) is 39.0 Å². The highest BCUT2D eigenvalue weighted by atomic mass is 35.5. The number of hydrogen-bond acceptors (Lipinski definition) is 3. The van der Waals surface area contributed by atoms with Gasteiger partial charge in [0.05, 0.1) is 10.0 Å². The number of benzene rings is 2. The molecule has 0 aliphatic carbocycles. The molecule has 7 heteroatoms. The van der Waals surface area contributed by atoms with Crippen molar-refractivity contribution in [3.05, 3.63) is 63.1 Å². The van der Waals surface area contributed by atoms with Crippen LogP contribution in [0.2, 0.25) is 10.0 Å². The Morgan fingerprint density at radius 2 is 1.86 bits per heavy atom. The highest BCUT2D eigenvalue weighted by Crippen LogP contribution is 2.24. The third kappa shape index (κ3) is 5.87. The van der Waals surface area contributed by atoms with Crippen LogP contribution in [-0.2, 0) is 16.1 Å². The molecule has 2 amide bonds. The summed E-state index contributed by atoms with van der Waals surface area (Å²) in [6.45, 7) is 5.85. The lowest BCUT2D eigenvalue weighted by molar-refractivity contribution is -0.142. The quantitative estimate of drug-likeness (QED) is 0.660. The molecular formula is C22H26Cl2N2O3. The van der Waals surface area contributed by atoms with Crippen LogP contribution in [0.5, 0.6) is 5.75 Å². The van der Waals surface area contributed by atoms with Crippen LogP contribution >= 0.6 is 23.2 Å². The molecule has 0 aliphatic rings. The van der Waals surface area contributed by atoms with Crippen molar-refractivity contribution in [2.24, 2.45) is 0 Å². The number of carbonyl (C=O) groups excluding carboxylic acids is 2. The average Bonchev–Trinajstić information content (AvgIpc) is 2.71. The zero-order valence-electron chi connectivity index (χ0n) is 17.1. The van der Waals surface area contributed by atoms with E-state index in [9.17, 15) is 9.59 Å². The lowest BCUT2D eigenvalue weighted by Gasteiger charge is -2.30. The van der Waals surface area contributed by atoms with Gasteiger partial charge in [-0.05, 0) is 55.2 Å². The fourth-order valence-corrected chi connectivity index (χ4v) is 3.34. The number of ether oxygens (including phenoxy) is 1. The number of halogens is 2. The minimum Gasteiger partial charge on any atom is -0.483 e. The third-order valence-electron chi connectivity index (χ3n) is 4.88. The molecule has 2 aromatic carbocycles. The van der Waals surface area contributed by atoms with Crippen molar-refractivity contribution >= 4 is 35.0 Å². The molecule has 0 saturated heterocycles. The van der Waals surface area contributed by atoms with Crippen LogP contribution in [-0.4, -0.2) is 36.4 Å². The molecule has 29 heavy (non-hydrogen) atoms. The van der Waals surface area contributed by atoms with E-state index in [0.29, 0.717) is 22.2 Å². The third-order valence-corrected chi connectivity index (χ3v) is 5.61. The van der Waals surface area contributed by atoms with Crippen LogP contribution in [0.4, 0.5) is 0 Å². The fourth-order valence-electron chi connectivity index (χ4n) is 3.02. The molecule has 5 nitrogen and oxygen atoms in total. The summed E-state index contributed by atoms with van der Waals surface area (Å²) in [6, 6.07) is 10.2. The van der Waals surface area contributed by atoms with E-state index in [-0.39, 0.29) is 25.0 Å². The zero-order chi connectivity index (χ0) is 21.6. The zero-order valence-corrected chi connectivity index (χ0v) is 18.6. The van der Waals surface area contributed by atoms with Crippen LogP contribution in [0.1, 0.15) is 30.0 Å². The van der Waals surface area contributed by atoms with Crippen LogP contribution in [0.25, 0.3) is 0 Å². The van der Waals surface area contributed by atoms with Gasteiger partial charge in [-0.2, -0.15) is 0 Å². The molecule has 0 aromatic heterocycles. The first-order valence-electron chi connectivity index (χ1n) is 9.42. The van der Waals surface area contributed by atoms with Crippen LogP contribution < -0.4 is 10.1 Å². The topological polar surface area (TPSA) is 58.6 Å². The summed E-state index contributed by atoms with van der Waals surface area (Å²) in [5.41, 5.74) is 2.84. The molecule has 1 atom stereocenters. The number of hydrogen-bond donors (Lipinski definition) is 1. The smallest absolute Gasteiger partial charge is 0.261 e. The molecule has 0 fully saturated rings. The summed E-state index contributed by atoms with van der Waals surface area (Å²) in [6.07, 6.45) is 0.468. The molecule has 0 aliphatic heterocycles. The maximum Gasteiger partial charge on any atom is 0.261 e. The van der Waals surface area contributed by atoms with Gasteiger partial charge in [0.1, 0.15) is 11.8 Å². The molecule has 0 bridgehead atoms. The summed E-state index contributed by atoms with van der Waals surface area (Å²) >= 11 is 12.1. The molecule has 0 heterocycles. The fraction of sp³-hybridized carbons (Fsp3) is 0.364. The van der Waals surface area contributed by atoms with E-state index >= 15 is 0 Å². The van der Waals surface area contributed by atoms with Crippen molar-refractivity contribution in [1.29, 1.82) is 0 Å². The summed E-state index contributed by atoms with van der Waals surface area (Å²) in [5.74, 6) is 0.140. The largest absolute Gasteiger partial charge is 0.483 e. The summed E-state index contributed by atoms with van der Waals surface area (Å²) in [5, 5.41) is 3.46. The standard InChI is InChI=1S/C22H26Cl2N2O3/c1-5-19(22(28)25-4)26(12-16-9-10-17(23)18(24)11-16)21(27)13-29-20-8-6-7-14(2)15(20)3/h6-11,19H,5,12-13H2,1-4H3,(H,25,28)/t19-/m0/s1. The van der Waals surface area contributed by atoms with E-state index in [1.165, 1.54) is 4.90 Å². The van der Waals surface area contributed by atoms with Gasteiger partial charge in [0.25, 0.3) is 5.91 Å². The molecule has 156 valence electrons. The second kappa shape index (κ2) is 10.5. The second-order valence-corrected chi connectivity index (χ2v) is 7.61. The molecule has 0 saturated carbocycles. The molecule has 2 rings (SSSR count). The summed E-state index contributed by atoms with van der Waals surface area (Å²) in [4.78, 5) is 26.9. The SMILES string of the molecule is CC[C@@H](C(=O)NC)N(Cc1ccc(Cl)c(Cl)c1)C(=O)COc1cccc(C)c1C. The van der Waals surface area contributed by atoms with Gasteiger partial charge in [-0.3, -0.25) is 9.59 Å². The minimum absolute atomic E-state index is 0.168. The maximum absolute atomic E-state index is 13.1. The number of rotatable bonds is 8. The number of likely N-dealkylation sites (N-methyl/N-ethyl adjacent to an activating group) is 1. The monoisotopic (exact) mass is 436 g/mol. The Hall–Kier alpha value is -2.24. The Kier molecular flexibility index (Phi) is 8.35. The van der Waals surface area contributed by atoms with E-state index < -0.39 is 6.04 Å². The van der Waals surface area contributed by atoms with Gasteiger partial charge in [-0.25, -0.2) is 0 Å². The summed E-state index contributed by atoms with van der Waals surface area (Å²) < 4.78 is 5.78.